The van der Waals surface area contributed by atoms with Crippen LogP contribution in [0.4, 0.5) is 0 Å². The molecule has 31 heavy (non-hydrogen) atoms. The number of aryl methyl sites for hydroxylation is 1. The minimum absolute atomic E-state index is 0.106. The van der Waals surface area contributed by atoms with Gasteiger partial charge < -0.3 is 28.2 Å². The molecule has 4 heterocycles. The van der Waals surface area contributed by atoms with Crippen LogP contribution in [0.2, 0.25) is 0 Å². The van der Waals surface area contributed by atoms with E-state index in [4.69, 9.17) is 18.9 Å². The van der Waals surface area contributed by atoms with Crippen LogP contribution >= 0.6 is 0 Å². The van der Waals surface area contributed by atoms with Crippen LogP contribution in [0.5, 0.6) is 11.5 Å². The summed E-state index contributed by atoms with van der Waals surface area (Å²) in [7, 11) is 1.62. The smallest absolute Gasteiger partial charge is 0.274 e. The first kappa shape index (κ1) is 19.8. The molecule has 1 amide bonds. The summed E-state index contributed by atoms with van der Waals surface area (Å²) in [5, 5.41) is 0. The summed E-state index contributed by atoms with van der Waals surface area (Å²) in [6, 6.07) is 11.4. The van der Waals surface area contributed by atoms with Crippen molar-refractivity contribution in [1.82, 2.24) is 14.3 Å². The van der Waals surface area contributed by atoms with Gasteiger partial charge in [-0.1, -0.05) is 12.1 Å². The van der Waals surface area contributed by atoms with E-state index in [9.17, 15) is 4.79 Å². The first-order valence-electron chi connectivity index (χ1n) is 10.4. The maximum Gasteiger partial charge on any atom is 0.274 e. The van der Waals surface area contributed by atoms with Crippen molar-refractivity contribution in [2.45, 2.75) is 25.2 Å². The van der Waals surface area contributed by atoms with Crippen LogP contribution in [0.15, 0.2) is 48.8 Å². The van der Waals surface area contributed by atoms with Crippen molar-refractivity contribution < 1.29 is 23.7 Å². The van der Waals surface area contributed by atoms with E-state index in [1.54, 1.807) is 18.2 Å². The number of hydrogen-bond acceptors (Lipinski definition) is 6. The van der Waals surface area contributed by atoms with Gasteiger partial charge in [0.2, 0.25) is 0 Å². The molecular formula is C23H25N3O5. The highest BCUT2D eigenvalue weighted by Gasteiger charge is 2.40. The van der Waals surface area contributed by atoms with Gasteiger partial charge in [-0.3, -0.25) is 4.79 Å². The largest absolute Gasteiger partial charge is 0.497 e. The molecule has 5 rings (SSSR count). The average molecular weight is 423 g/mol. The van der Waals surface area contributed by atoms with Gasteiger partial charge in [0.1, 0.15) is 41.2 Å². The Balaban J connectivity index is 1.21. The molecule has 2 aliphatic heterocycles. The molecule has 0 unspecified atom stereocenters. The first-order chi connectivity index (χ1) is 15.1. The number of benzene rings is 1. The van der Waals surface area contributed by atoms with E-state index in [0.29, 0.717) is 37.7 Å². The highest BCUT2D eigenvalue weighted by Crippen LogP contribution is 2.25. The molecule has 0 spiro atoms. The summed E-state index contributed by atoms with van der Waals surface area (Å²) in [4.78, 5) is 19.2. The third-order valence-corrected chi connectivity index (χ3v) is 5.66. The van der Waals surface area contributed by atoms with E-state index in [2.05, 4.69) is 4.98 Å². The predicted molar refractivity (Wildman–Crippen MR) is 113 cm³/mol. The zero-order valence-corrected chi connectivity index (χ0v) is 17.6. The molecule has 2 atom stereocenters. The van der Waals surface area contributed by atoms with Crippen molar-refractivity contribution in [1.29, 1.82) is 0 Å². The van der Waals surface area contributed by atoms with Crippen LogP contribution in [0.25, 0.3) is 5.65 Å². The lowest BCUT2D eigenvalue weighted by atomic mass is 10.3. The molecule has 162 valence electrons. The molecule has 0 aliphatic carbocycles. The van der Waals surface area contributed by atoms with Gasteiger partial charge >= 0.3 is 0 Å². The monoisotopic (exact) mass is 423 g/mol. The van der Waals surface area contributed by atoms with Gasteiger partial charge in [0.25, 0.3) is 5.91 Å². The van der Waals surface area contributed by atoms with Crippen LogP contribution in [0, 0.1) is 6.92 Å². The highest BCUT2D eigenvalue weighted by atomic mass is 16.6. The maximum absolute atomic E-state index is 13.0. The number of pyridine rings is 1. The lowest BCUT2D eigenvalue weighted by Gasteiger charge is -2.19. The van der Waals surface area contributed by atoms with E-state index < -0.39 is 0 Å². The van der Waals surface area contributed by atoms with Gasteiger partial charge in [-0.05, 0) is 30.7 Å². The van der Waals surface area contributed by atoms with Crippen LogP contribution < -0.4 is 9.47 Å². The van der Waals surface area contributed by atoms with E-state index >= 15 is 0 Å². The lowest BCUT2D eigenvalue weighted by molar-refractivity contribution is -0.00461. The third-order valence-electron chi connectivity index (χ3n) is 5.66. The standard InChI is InChI=1S/C23H25N3O5/c1-15-6-7-22-24-19(10-25(22)9-15)23(27)26-11-20-21(12-26)30-14-18(13-29-20)31-17-5-3-4-16(8-17)28-2/h3-10,18,20-21H,11-14H2,1-2H3/t20-,21-/m0/s1. The Kier molecular flexibility index (Phi) is 5.25. The lowest BCUT2D eigenvalue weighted by Crippen LogP contribution is -2.33. The summed E-state index contributed by atoms with van der Waals surface area (Å²) in [6.07, 6.45) is 3.16. The van der Waals surface area contributed by atoms with Crippen molar-refractivity contribution >= 4 is 11.6 Å². The highest BCUT2D eigenvalue weighted by molar-refractivity contribution is 5.93. The Morgan fingerprint density at radius 2 is 1.81 bits per heavy atom. The zero-order chi connectivity index (χ0) is 21.4. The summed E-state index contributed by atoms with van der Waals surface area (Å²) in [5.41, 5.74) is 2.30. The summed E-state index contributed by atoms with van der Waals surface area (Å²) < 4.78 is 25.2. The van der Waals surface area contributed by atoms with Crippen LogP contribution in [0.3, 0.4) is 0 Å². The number of ether oxygens (including phenoxy) is 4. The molecule has 2 aromatic heterocycles. The van der Waals surface area contributed by atoms with Crippen molar-refractivity contribution in [3.05, 3.63) is 60.0 Å². The van der Waals surface area contributed by atoms with Gasteiger partial charge in [-0.2, -0.15) is 0 Å². The minimum Gasteiger partial charge on any atom is -0.497 e. The van der Waals surface area contributed by atoms with Gasteiger partial charge in [0, 0.05) is 31.5 Å². The Bertz CT molecular complexity index is 1080. The second-order valence-corrected chi connectivity index (χ2v) is 7.97. The molecule has 8 heteroatoms. The third kappa shape index (κ3) is 4.08. The number of nitrogens with zero attached hydrogens (tertiary/aromatic N) is 3. The molecule has 0 bridgehead atoms. The number of fused-ring (bicyclic) bond motifs is 2. The molecule has 1 aromatic carbocycles. The first-order valence-corrected chi connectivity index (χ1v) is 10.4. The van der Waals surface area contributed by atoms with Crippen LogP contribution in [-0.2, 0) is 9.47 Å². The normalized spacial score (nSPS) is 21.7. The number of imidazole rings is 1. The molecule has 0 saturated carbocycles. The molecule has 0 N–H and O–H groups in total. The fourth-order valence-corrected chi connectivity index (χ4v) is 4.04. The van der Waals surface area contributed by atoms with Crippen molar-refractivity contribution in [2.24, 2.45) is 0 Å². The molecule has 2 aliphatic rings. The Morgan fingerprint density at radius 1 is 1.06 bits per heavy atom. The second-order valence-electron chi connectivity index (χ2n) is 7.97. The Labute approximate surface area is 180 Å². The van der Waals surface area contributed by atoms with E-state index in [1.807, 2.05) is 53.9 Å². The molecule has 3 aromatic rings. The number of methoxy groups -OCH3 is 1. The van der Waals surface area contributed by atoms with E-state index in [0.717, 1.165) is 17.0 Å². The SMILES string of the molecule is COc1cccc(OC2CO[C@H]3CN(C(=O)c4cn5cc(C)ccc5n4)C[C@@H]3OC2)c1. The van der Waals surface area contributed by atoms with Gasteiger partial charge in [-0.15, -0.1) is 0 Å². The molecule has 8 nitrogen and oxygen atoms in total. The van der Waals surface area contributed by atoms with Crippen LogP contribution in [0.1, 0.15) is 16.1 Å². The second kappa shape index (κ2) is 8.20. The molecular weight excluding hydrogens is 398 g/mol. The number of amides is 1. The minimum atomic E-state index is -0.219. The van der Waals surface area contributed by atoms with Crippen molar-refractivity contribution in [3.63, 3.8) is 0 Å². The fourth-order valence-electron chi connectivity index (χ4n) is 4.04. The number of hydrogen-bond donors (Lipinski definition) is 0. The van der Waals surface area contributed by atoms with Gasteiger partial charge in [-0.25, -0.2) is 4.98 Å². The fraction of sp³-hybridized carbons (Fsp3) is 0.391. The van der Waals surface area contributed by atoms with Crippen LogP contribution in [-0.4, -0.2) is 71.9 Å². The number of rotatable bonds is 4. The quantitative estimate of drug-likeness (QED) is 0.641. The Hall–Kier alpha value is -3.10. The topological polar surface area (TPSA) is 74.5 Å². The Morgan fingerprint density at radius 3 is 2.55 bits per heavy atom. The number of likely N-dealkylation sites (tertiary alicyclic amines) is 1. The van der Waals surface area contributed by atoms with E-state index in [-0.39, 0.29) is 24.2 Å². The summed E-state index contributed by atoms with van der Waals surface area (Å²) in [6.45, 7) is 3.75. The number of carbonyl (C=O) groups excluding carboxylic acids is 1. The predicted octanol–water partition coefficient (Wildman–Crippen LogP) is 2.34. The molecule has 2 saturated heterocycles. The van der Waals surface area contributed by atoms with E-state index in [1.165, 1.54) is 0 Å². The van der Waals surface area contributed by atoms with Gasteiger partial charge in [0.05, 0.1) is 20.3 Å². The van der Waals surface area contributed by atoms with Gasteiger partial charge in [0.15, 0.2) is 0 Å². The van der Waals surface area contributed by atoms with Crippen molar-refractivity contribution in [2.75, 3.05) is 33.4 Å². The molecule has 2 fully saturated rings. The summed E-state index contributed by atoms with van der Waals surface area (Å²) >= 11 is 0. The average Bonchev–Trinajstić information content (AvgIpc) is 3.34. The maximum atomic E-state index is 13.0. The molecule has 0 radical (unpaired) electrons. The summed E-state index contributed by atoms with van der Waals surface area (Å²) in [5.74, 6) is 1.34. The number of aromatic nitrogens is 2. The van der Waals surface area contributed by atoms with Crippen molar-refractivity contribution in [3.8, 4) is 11.5 Å². The number of carbonyl (C=O) groups is 1. The zero-order valence-electron chi connectivity index (χ0n) is 17.6.